The van der Waals surface area contributed by atoms with Crippen LogP contribution < -0.4 is 10.1 Å². The zero-order valence-corrected chi connectivity index (χ0v) is 14.3. The van der Waals surface area contributed by atoms with Crippen molar-refractivity contribution >= 4 is 39.3 Å². The van der Waals surface area contributed by atoms with Crippen molar-refractivity contribution in [2.24, 2.45) is 0 Å². The van der Waals surface area contributed by atoms with E-state index in [1.54, 1.807) is 19.2 Å². The van der Waals surface area contributed by atoms with Crippen LogP contribution >= 0.6 is 27.7 Å². The number of thioether (sulfide) groups is 1. The van der Waals surface area contributed by atoms with Gasteiger partial charge in [-0.2, -0.15) is 0 Å². The maximum absolute atomic E-state index is 13.0. The van der Waals surface area contributed by atoms with Crippen LogP contribution in [0, 0.1) is 5.82 Å². The van der Waals surface area contributed by atoms with E-state index in [1.165, 1.54) is 23.9 Å². The molecule has 2 aromatic carbocycles. The van der Waals surface area contributed by atoms with E-state index in [0.29, 0.717) is 27.4 Å². The molecule has 0 fully saturated rings. The quantitative estimate of drug-likeness (QED) is 0.799. The second-order valence-corrected chi connectivity index (χ2v) is 6.35. The van der Waals surface area contributed by atoms with Crippen molar-refractivity contribution in [3.63, 3.8) is 0 Å². The first-order valence-corrected chi connectivity index (χ1v) is 8.49. The predicted octanol–water partition coefficient (Wildman–Crippen LogP) is 4.47. The first-order chi connectivity index (χ1) is 10.6. The zero-order chi connectivity index (χ0) is 15.9. The molecule has 1 N–H and O–H groups in total. The number of carbonyl (C=O) groups is 1. The molecule has 0 saturated heterocycles. The summed E-state index contributed by atoms with van der Waals surface area (Å²) in [6.07, 6.45) is 0. The summed E-state index contributed by atoms with van der Waals surface area (Å²) in [4.78, 5) is 11.9. The molecule has 116 valence electrons. The Balaban J connectivity index is 1.82. The van der Waals surface area contributed by atoms with Crippen LogP contribution in [0.3, 0.4) is 0 Å². The molecule has 0 atom stereocenters. The van der Waals surface area contributed by atoms with Gasteiger partial charge in [-0.25, -0.2) is 4.39 Å². The van der Waals surface area contributed by atoms with Crippen LogP contribution in [0.1, 0.15) is 5.56 Å². The number of halogens is 2. The molecule has 0 aliphatic carbocycles. The summed E-state index contributed by atoms with van der Waals surface area (Å²) in [7, 11) is 1.58. The van der Waals surface area contributed by atoms with E-state index in [0.717, 1.165) is 5.56 Å². The number of rotatable bonds is 6. The highest BCUT2D eigenvalue weighted by Crippen LogP contribution is 2.23. The van der Waals surface area contributed by atoms with Gasteiger partial charge in [-0.3, -0.25) is 4.79 Å². The third kappa shape index (κ3) is 5.03. The Labute approximate surface area is 141 Å². The molecule has 1 amide bonds. The van der Waals surface area contributed by atoms with E-state index < -0.39 is 0 Å². The topological polar surface area (TPSA) is 38.3 Å². The Morgan fingerprint density at radius 2 is 2.14 bits per heavy atom. The fourth-order valence-corrected chi connectivity index (χ4v) is 3.30. The van der Waals surface area contributed by atoms with E-state index in [2.05, 4.69) is 21.2 Å². The Kier molecular flexibility index (Phi) is 6.27. The molecular formula is C16H15BrFNO2S. The maximum Gasteiger partial charge on any atom is 0.234 e. The standard InChI is InChI=1S/C16H15BrFNO2S/c1-21-14-4-2-3-13(8-14)19-16(20)10-22-9-11-5-6-12(18)7-15(11)17/h2-8H,9-10H2,1H3,(H,19,20). The third-order valence-corrected chi connectivity index (χ3v) is 4.58. The fourth-order valence-electron chi connectivity index (χ4n) is 1.79. The molecule has 0 unspecified atom stereocenters. The highest BCUT2D eigenvalue weighted by molar-refractivity contribution is 9.10. The number of hydrogen-bond donors (Lipinski definition) is 1. The van der Waals surface area contributed by atoms with Crippen LogP contribution in [0.15, 0.2) is 46.9 Å². The Bertz CT molecular complexity index is 666. The second kappa shape index (κ2) is 8.19. The van der Waals surface area contributed by atoms with E-state index in [1.807, 2.05) is 18.2 Å². The van der Waals surface area contributed by atoms with Crippen molar-refractivity contribution in [3.05, 3.63) is 58.3 Å². The molecule has 3 nitrogen and oxygen atoms in total. The molecule has 6 heteroatoms. The lowest BCUT2D eigenvalue weighted by molar-refractivity contribution is -0.113. The van der Waals surface area contributed by atoms with Crippen molar-refractivity contribution in [1.82, 2.24) is 0 Å². The Hall–Kier alpha value is -1.53. The summed E-state index contributed by atoms with van der Waals surface area (Å²) in [5.74, 6) is 1.28. The van der Waals surface area contributed by atoms with Gasteiger partial charge in [0.2, 0.25) is 5.91 Å². The van der Waals surface area contributed by atoms with Gasteiger partial charge in [0, 0.05) is 22.0 Å². The summed E-state index contributed by atoms with van der Waals surface area (Å²) in [5.41, 5.74) is 1.66. The third-order valence-electron chi connectivity index (χ3n) is 2.86. The van der Waals surface area contributed by atoms with Crippen molar-refractivity contribution in [1.29, 1.82) is 0 Å². The van der Waals surface area contributed by atoms with Gasteiger partial charge in [-0.1, -0.05) is 28.1 Å². The molecule has 0 aliphatic heterocycles. The van der Waals surface area contributed by atoms with E-state index in [-0.39, 0.29) is 11.7 Å². The number of nitrogens with one attached hydrogen (secondary N) is 1. The average molecular weight is 384 g/mol. The SMILES string of the molecule is COc1cccc(NC(=O)CSCc2ccc(F)cc2Br)c1. The number of anilines is 1. The minimum absolute atomic E-state index is 0.0866. The zero-order valence-electron chi connectivity index (χ0n) is 11.9. The van der Waals surface area contributed by atoms with Crippen molar-refractivity contribution in [2.75, 3.05) is 18.2 Å². The average Bonchev–Trinajstić information content (AvgIpc) is 2.49. The van der Waals surface area contributed by atoms with Crippen molar-refractivity contribution < 1.29 is 13.9 Å². The summed E-state index contributed by atoms with van der Waals surface area (Å²) in [6.45, 7) is 0. The minimum Gasteiger partial charge on any atom is -0.497 e. The number of benzene rings is 2. The summed E-state index contributed by atoms with van der Waals surface area (Å²) in [6, 6.07) is 11.8. The van der Waals surface area contributed by atoms with Gasteiger partial charge in [-0.05, 0) is 29.8 Å². The molecule has 0 saturated carbocycles. The Morgan fingerprint density at radius 1 is 1.32 bits per heavy atom. The molecule has 0 heterocycles. The molecule has 0 radical (unpaired) electrons. The lowest BCUT2D eigenvalue weighted by Crippen LogP contribution is -2.14. The van der Waals surface area contributed by atoms with Crippen LogP contribution in [0.4, 0.5) is 10.1 Å². The minimum atomic E-state index is -0.281. The number of methoxy groups -OCH3 is 1. The highest BCUT2D eigenvalue weighted by Gasteiger charge is 2.06. The van der Waals surface area contributed by atoms with E-state index >= 15 is 0 Å². The largest absolute Gasteiger partial charge is 0.497 e. The van der Waals surface area contributed by atoms with Gasteiger partial charge in [0.1, 0.15) is 11.6 Å². The molecule has 0 aliphatic rings. The molecule has 2 aromatic rings. The second-order valence-electron chi connectivity index (χ2n) is 4.51. The Morgan fingerprint density at radius 3 is 2.86 bits per heavy atom. The van der Waals surface area contributed by atoms with Gasteiger partial charge < -0.3 is 10.1 Å². The summed E-state index contributed by atoms with van der Waals surface area (Å²) < 4.78 is 18.8. The van der Waals surface area contributed by atoms with Gasteiger partial charge in [0.15, 0.2) is 0 Å². The normalized spacial score (nSPS) is 10.3. The number of ether oxygens (including phenoxy) is 1. The molecule has 0 bridgehead atoms. The predicted molar refractivity (Wildman–Crippen MR) is 91.9 cm³/mol. The molecule has 2 rings (SSSR count). The van der Waals surface area contributed by atoms with E-state index in [4.69, 9.17) is 4.74 Å². The molecular weight excluding hydrogens is 369 g/mol. The van der Waals surface area contributed by atoms with Crippen LogP contribution in [-0.2, 0) is 10.5 Å². The number of carbonyl (C=O) groups excluding carboxylic acids is 1. The first-order valence-electron chi connectivity index (χ1n) is 6.54. The van der Waals surface area contributed by atoms with Gasteiger partial charge >= 0.3 is 0 Å². The number of hydrogen-bond acceptors (Lipinski definition) is 3. The van der Waals surface area contributed by atoms with Crippen LogP contribution in [0.2, 0.25) is 0 Å². The van der Waals surface area contributed by atoms with Crippen LogP contribution in [0.25, 0.3) is 0 Å². The number of amides is 1. The smallest absolute Gasteiger partial charge is 0.234 e. The summed E-state index contributed by atoms with van der Waals surface area (Å²) >= 11 is 4.78. The van der Waals surface area contributed by atoms with Crippen LogP contribution in [0.5, 0.6) is 5.75 Å². The fraction of sp³-hybridized carbons (Fsp3) is 0.188. The lowest BCUT2D eigenvalue weighted by Gasteiger charge is -2.07. The monoisotopic (exact) mass is 383 g/mol. The maximum atomic E-state index is 13.0. The lowest BCUT2D eigenvalue weighted by atomic mass is 10.2. The van der Waals surface area contributed by atoms with Crippen molar-refractivity contribution in [2.45, 2.75) is 5.75 Å². The van der Waals surface area contributed by atoms with Gasteiger partial charge in [0.25, 0.3) is 0 Å². The molecule has 0 spiro atoms. The highest BCUT2D eigenvalue weighted by atomic mass is 79.9. The van der Waals surface area contributed by atoms with Gasteiger partial charge in [-0.15, -0.1) is 11.8 Å². The summed E-state index contributed by atoms with van der Waals surface area (Å²) in [5, 5.41) is 2.82. The van der Waals surface area contributed by atoms with Crippen LogP contribution in [-0.4, -0.2) is 18.8 Å². The molecule has 22 heavy (non-hydrogen) atoms. The molecule has 0 aromatic heterocycles. The van der Waals surface area contributed by atoms with Crippen molar-refractivity contribution in [3.8, 4) is 5.75 Å². The van der Waals surface area contributed by atoms with E-state index in [9.17, 15) is 9.18 Å². The van der Waals surface area contributed by atoms with Gasteiger partial charge in [0.05, 0.1) is 12.9 Å². The first kappa shape index (κ1) is 16.8.